The van der Waals surface area contributed by atoms with E-state index >= 15 is 0 Å². The number of sulfone groups is 1. The number of alkyl halides is 3. The third kappa shape index (κ3) is 3.95. The fourth-order valence-corrected chi connectivity index (χ4v) is 4.36. The first-order valence-corrected chi connectivity index (χ1v) is 11.0. The van der Waals surface area contributed by atoms with Crippen LogP contribution < -0.4 is 4.90 Å². The van der Waals surface area contributed by atoms with Gasteiger partial charge in [0.15, 0.2) is 0 Å². The lowest BCUT2D eigenvalue weighted by Gasteiger charge is -2.36. The Morgan fingerprint density at radius 1 is 0.903 bits per heavy atom. The number of carbonyl (C=O) groups excluding carboxylic acids is 1. The summed E-state index contributed by atoms with van der Waals surface area (Å²) in [4.78, 5) is 19.9. The van der Waals surface area contributed by atoms with Gasteiger partial charge in [-0.2, -0.15) is 13.2 Å². The van der Waals surface area contributed by atoms with Gasteiger partial charge in [0, 0.05) is 48.7 Å². The van der Waals surface area contributed by atoms with Crippen LogP contribution in [-0.4, -0.2) is 55.9 Å². The van der Waals surface area contributed by atoms with Gasteiger partial charge in [0.25, 0.3) is 15.7 Å². The number of halogens is 3. The summed E-state index contributed by atoms with van der Waals surface area (Å²) in [6.45, 7) is 1.99. The molecule has 1 aliphatic rings. The molecular weight excluding hydrogens is 431 g/mol. The maximum Gasteiger partial charge on any atom is 0.501 e. The molecule has 162 valence electrons. The van der Waals surface area contributed by atoms with Crippen LogP contribution in [0.5, 0.6) is 0 Å². The second-order valence-electron chi connectivity index (χ2n) is 7.13. The monoisotopic (exact) mass is 449 g/mol. The van der Waals surface area contributed by atoms with Crippen molar-refractivity contribution in [1.29, 1.82) is 0 Å². The zero-order valence-electron chi connectivity index (χ0n) is 16.2. The van der Waals surface area contributed by atoms with E-state index in [4.69, 9.17) is 0 Å². The van der Waals surface area contributed by atoms with Crippen LogP contribution in [-0.2, 0) is 9.84 Å². The number of aromatic nitrogens is 1. The number of fused-ring (bicyclic) bond motifs is 1. The Kier molecular flexibility index (Phi) is 5.34. The first kappa shape index (κ1) is 21.1. The van der Waals surface area contributed by atoms with Crippen LogP contribution in [0.1, 0.15) is 10.4 Å². The highest BCUT2D eigenvalue weighted by atomic mass is 32.2. The number of nitrogens with zero attached hydrogens (tertiary/aromatic N) is 3. The summed E-state index contributed by atoms with van der Waals surface area (Å²) >= 11 is 0. The summed E-state index contributed by atoms with van der Waals surface area (Å²) in [6, 6.07) is 11.7. The molecule has 0 aliphatic carbocycles. The van der Waals surface area contributed by atoms with E-state index in [1.165, 1.54) is 0 Å². The van der Waals surface area contributed by atoms with Crippen molar-refractivity contribution < 1.29 is 26.4 Å². The third-order valence-corrected chi connectivity index (χ3v) is 6.77. The zero-order valence-corrected chi connectivity index (χ0v) is 17.0. The highest BCUT2D eigenvalue weighted by molar-refractivity contribution is 7.92. The van der Waals surface area contributed by atoms with E-state index in [9.17, 15) is 26.4 Å². The average Bonchev–Trinajstić information content (AvgIpc) is 2.77. The van der Waals surface area contributed by atoms with Crippen molar-refractivity contribution in [3.8, 4) is 0 Å². The molecule has 0 saturated carbocycles. The minimum atomic E-state index is -5.44. The molecule has 1 aromatic heterocycles. The minimum absolute atomic E-state index is 0.140. The van der Waals surface area contributed by atoms with Gasteiger partial charge in [-0.25, -0.2) is 8.42 Å². The largest absolute Gasteiger partial charge is 0.501 e. The maximum absolute atomic E-state index is 12.7. The number of piperazine rings is 1. The van der Waals surface area contributed by atoms with Crippen molar-refractivity contribution in [2.24, 2.45) is 0 Å². The molecule has 31 heavy (non-hydrogen) atoms. The van der Waals surface area contributed by atoms with Gasteiger partial charge < -0.3 is 9.80 Å². The summed E-state index contributed by atoms with van der Waals surface area (Å²) in [5.74, 6) is -0.355. The molecule has 1 amide bonds. The van der Waals surface area contributed by atoms with Gasteiger partial charge in [-0.05, 0) is 24.3 Å². The predicted molar refractivity (Wildman–Crippen MR) is 110 cm³/mol. The van der Waals surface area contributed by atoms with Crippen molar-refractivity contribution in [2.75, 3.05) is 31.1 Å². The minimum Gasteiger partial charge on any atom is -0.366 e. The van der Waals surface area contributed by atoms with Gasteiger partial charge in [-0.15, -0.1) is 0 Å². The highest BCUT2D eigenvalue weighted by Gasteiger charge is 2.46. The van der Waals surface area contributed by atoms with E-state index in [2.05, 4.69) is 9.88 Å². The van der Waals surface area contributed by atoms with Crippen LogP contribution in [0, 0.1) is 0 Å². The standard InChI is InChI=1S/C21H18F3N3O3S/c22-21(23,24)31(29,30)17-7-5-15(6-8-17)20(28)27-11-9-26(10-12-27)19-14-25-13-16-3-1-2-4-18(16)19/h1-8,13-14H,9-12H2. The Balaban J connectivity index is 1.46. The lowest BCUT2D eigenvalue weighted by molar-refractivity contribution is -0.0436. The molecule has 3 aromatic rings. The summed E-state index contributed by atoms with van der Waals surface area (Å²) in [5, 5.41) is 2.09. The van der Waals surface area contributed by atoms with Gasteiger partial charge >= 0.3 is 5.51 Å². The highest BCUT2D eigenvalue weighted by Crippen LogP contribution is 2.30. The van der Waals surface area contributed by atoms with Crippen molar-refractivity contribution in [3.05, 3.63) is 66.5 Å². The first-order chi connectivity index (χ1) is 14.7. The van der Waals surface area contributed by atoms with E-state index in [1.54, 1.807) is 17.3 Å². The normalized spacial score (nSPS) is 15.3. The van der Waals surface area contributed by atoms with Gasteiger partial charge in [0.05, 0.1) is 16.8 Å². The van der Waals surface area contributed by atoms with E-state index < -0.39 is 20.2 Å². The molecule has 1 fully saturated rings. The van der Waals surface area contributed by atoms with E-state index in [0.717, 1.165) is 40.7 Å². The van der Waals surface area contributed by atoms with Crippen molar-refractivity contribution >= 4 is 32.2 Å². The number of benzene rings is 2. The number of hydrogen-bond acceptors (Lipinski definition) is 5. The molecule has 1 saturated heterocycles. The van der Waals surface area contributed by atoms with Crippen molar-refractivity contribution in [3.63, 3.8) is 0 Å². The van der Waals surface area contributed by atoms with E-state index in [-0.39, 0.29) is 11.5 Å². The molecule has 0 atom stereocenters. The summed E-state index contributed by atoms with van der Waals surface area (Å²) in [5.41, 5.74) is -4.26. The fourth-order valence-electron chi connectivity index (χ4n) is 3.60. The van der Waals surface area contributed by atoms with Crippen LogP contribution in [0.15, 0.2) is 65.8 Å². The van der Waals surface area contributed by atoms with Crippen LogP contribution in [0.25, 0.3) is 10.8 Å². The average molecular weight is 449 g/mol. The predicted octanol–water partition coefficient (Wildman–Crippen LogP) is 3.49. The molecule has 1 aliphatic heterocycles. The molecule has 10 heteroatoms. The molecule has 0 radical (unpaired) electrons. The van der Waals surface area contributed by atoms with Gasteiger partial charge in [0.1, 0.15) is 0 Å². The van der Waals surface area contributed by atoms with Crippen LogP contribution >= 0.6 is 0 Å². The Hall–Kier alpha value is -3.14. The second-order valence-corrected chi connectivity index (χ2v) is 9.07. The molecule has 0 N–H and O–H groups in total. The molecule has 0 bridgehead atoms. The Labute approximate surface area is 176 Å². The summed E-state index contributed by atoms with van der Waals surface area (Å²) in [6.07, 6.45) is 3.58. The van der Waals surface area contributed by atoms with Gasteiger partial charge in [0.2, 0.25) is 0 Å². The molecule has 0 unspecified atom stereocenters. The smallest absolute Gasteiger partial charge is 0.366 e. The first-order valence-electron chi connectivity index (χ1n) is 9.47. The quantitative estimate of drug-likeness (QED) is 0.612. The Bertz CT molecular complexity index is 1210. The second kappa shape index (κ2) is 7.84. The van der Waals surface area contributed by atoms with Crippen molar-refractivity contribution in [1.82, 2.24) is 9.88 Å². The zero-order chi connectivity index (χ0) is 22.2. The SMILES string of the molecule is O=C(c1ccc(S(=O)(=O)C(F)(F)F)cc1)N1CCN(c2cncc3ccccc23)CC1. The molecular formula is C21H18F3N3O3S. The number of anilines is 1. The van der Waals surface area contributed by atoms with Crippen LogP contribution in [0.4, 0.5) is 18.9 Å². The number of pyridine rings is 1. The molecule has 2 heterocycles. The van der Waals surface area contributed by atoms with Gasteiger partial charge in [-0.1, -0.05) is 24.3 Å². The molecule has 6 nitrogen and oxygen atoms in total. The summed E-state index contributed by atoms with van der Waals surface area (Å²) < 4.78 is 61.0. The Morgan fingerprint density at radius 2 is 1.55 bits per heavy atom. The third-order valence-electron chi connectivity index (χ3n) is 5.27. The van der Waals surface area contributed by atoms with Crippen molar-refractivity contribution in [2.45, 2.75) is 10.4 Å². The molecule has 2 aromatic carbocycles. The van der Waals surface area contributed by atoms with Crippen LogP contribution in [0.3, 0.4) is 0 Å². The summed E-state index contributed by atoms with van der Waals surface area (Å²) in [7, 11) is -5.44. The van der Waals surface area contributed by atoms with E-state index in [1.807, 2.05) is 24.3 Å². The molecule has 4 rings (SSSR count). The van der Waals surface area contributed by atoms with Gasteiger partial charge in [-0.3, -0.25) is 9.78 Å². The maximum atomic E-state index is 12.7. The van der Waals surface area contributed by atoms with Crippen LogP contribution in [0.2, 0.25) is 0 Å². The Morgan fingerprint density at radius 3 is 2.19 bits per heavy atom. The number of carbonyl (C=O) groups is 1. The van der Waals surface area contributed by atoms with E-state index in [0.29, 0.717) is 26.2 Å². The number of hydrogen-bond donors (Lipinski definition) is 0. The number of amides is 1. The lowest BCUT2D eigenvalue weighted by Crippen LogP contribution is -2.48. The fraction of sp³-hybridized carbons (Fsp3) is 0.238. The topological polar surface area (TPSA) is 70.6 Å². The molecule has 0 spiro atoms. The lowest BCUT2D eigenvalue weighted by atomic mass is 10.1. The number of rotatable bonds is 3.